The Morgan fingerprint density at radius 3 is 2.14 bits per heavy atom. The van der Waals surface area contributed by atoms with Gasteiger partial charge in [0, 0.05) is 5.56 Å². The van der Waals surface area contributed by atoms with E-state index in [1.807, 2.05) is 13.8 Å². The smallest absolute Gasteiger partial charge is 0.264 e. The van der Waals surface area contributed by atoms with Gasteiger partial charge in [-0.25, -0.2) is 8.78 Å². The van der Waals surface area contributed by atoms with Crippen LogP contribution in [0.2, 0.25) is 0 Å². The highest BCUT2D eigenvalue weighted by atomic mass is 19.3. The van der Waals surface area contributed by atoms with Crippen molar-refractivity contribution in [1.29, 1.82) is 0 Å². The first-order valence-electron chi connectivity index (χ1n) is 4.55. The van der Waals surface area contributed by atoms with E-state index < -0.39 is 6.43 Å². The minimum atomic E-state index is -2.48. The normalized spacial score (nSPS) is 11.4. The van der Waals surface area contributed by atoms with Crippen LogP contribution < -0.4 is 0 Å². The maximum absolute atomic E-state index is 12.6. The van der Waals surface area contributed by atoms with Gasteiger partial charge >= 0.3 is 0 Å². The Hall–Kier alpha value is -1.12. The second kappa shape index (κ2) is 3.95. The summed E-state index contributed by atoms with van der Waals surface area (Å²) in [5, 5.41) is 9.41. The lowest BCUT2D eigenvalue weighted by Gasteiger charge is -2.14. The third kappa shape index (κ3) is 2.03. The number of alkyl halides is 2. The molecule has 0 spiro atoms. The van der Waals surface area contributed by atoms with Gasteiger partial charge in [0.25, 0.3) is 6.43 Å². The topological polar surface area (TPSA) is 20.2 Å². The summed E-state index contributed by atoms with van der Waals surface area (Å²) in [7, 11) is 0. The van der Waals surface area contributed by atoms with Crippen LogP contribution in [0.1, 0.15) is 42.9 Å². The molecule has 0 aliphatic rings. The van der Waals surface area contributed by atoms with E-state index in [9.17, 15) is 13.9 Å². The summed E-state index contributed by atoms with van der Waals surface area (Å²) in [5.41, 5.74) is 1.03. The van der Waals surface area contributed by atoms with Crippen LogP contribution in [0.25, 0.3) is 0 Å². The SMILES string of the molecule is Cc1cc(C(F)F)c(C(C)C)cc1O. The molecule has 0 heterocycles. The fourth-order valence-electron chi connectivity index (χ4n) is 1.42. The van der Waals surface area contributed by atoms with Gasteiger partial charge in [-0.3, -0.25) is 0 Å². The Morgan fingerprint density at radius 1 is 1.14 bits per heavy atom. The van der Waals surface area contributed by atoms with E-state index in [1.165, 1.54) is 12.1 Å². The molecule has 1 nitrogen and oxygen atoms in total. The molecule has 3 heteroatoms. The van der Waals surface area contributed by atoms with Crippen LogP contribution in [-0.4, -0.2) is 5.11 Å². The van der Waals surface area contributed by atoms with Gasteiger partial charge in [-0.2, -0.15) is 0 Å². The van der Waals surface area contributed by atoms with E-state index in [0.29, 0.717) is 11.1 Å². The van der Waals surface area contributed by atoms with Gasteiger partial charge in [-0.15, -0.1) is 0 Å². The lowest BCUT2D eigenvalue weighted by Crippen LogP contribution is -1.98. The molecular weight excluding hydrogens is 186 g/mol. The summed E-state index contributed by atoms with van der Waals surface area (Å²) in [6.45, 7) is 5.28. The molecule has 1 aromatic carbocycles. The van der Waals surface area contributed by atoms with E-state index in [4.69, 9.17) is 0 Å². The average Bonchev–Trinajstić information content (AvgIpc) is 2.08. The van der Waals surface area contributed by atoms with E-state index >= 15 is 0 Å². The fraction of sp³-hybridized carbons (Fsp3) is 0.455. The summed E-state index contributed by atoms with van der Waals surface area (Å²) in [6.07, 6.45) is -2.48. The molecule has 0 amide bonds. The molecule has 0 fully saturated rings. The second-order valence-electron chi connectivity index (χ2n) is 3.72. The molecule has 1 aromatic rings. The number of benzene rings is 1. The number of aryl methyl sites for hydroxylation is 1. The van der Waals surface area contributed by atoms with Crippen molar-refractivity contribution in [1.82, 2.24) is 0 Å². The zero-order valence-electron chi connectivity index (χ0n) is 8.51. The molecule has 14 heavy (non-hydrogen) atoms. The highest BCUT2D eigenvalue weighted by molar-refractivity contribution is 5.43. The molecular formula is C11H14F2O. The van der Waals surface area contributed by atoms with Gasteiger partial charge in [0.15, 0.2) is 0 Å². The van der Waals surface area contributed by atoms with Crippen LogP contribution >= 0.6 is 0 Å². The van der Waals surface area contributed by atoms with Crippen molar-refractivity contribution in [3.8, 4) is 5.75 Å². The standard InChI is InChI=1S/C11H14F2O/c1-6(2)8-5-10(14)7(3)4-9(8)11(12)13/h4-6,11,14H,1-3H3. The molecule has 0 aliphatic heterocycles. The van der Waals surface area contributed by atoms with Gasteiger partial charge < -0.3 is 5.11 Å². The maximum atomic E-state index is 12.6. The van der Waals surface area contributed by atoms with Crippen LogP contribution in [0.15, 0.2) is 12.1 Å². The van der Waals surface area contributed by atoms with Gasteiger partial charge in [0.1, 0.15) is 5.75 Å². The van der Waals surface area contributed by atoms with E-state index in [2.05, 4.69) is 0 Å². The van der Waals surface area contributed by atoms with Crippen LogP contribution in [0.3, 0.4) is 0 Å². The van der Waals surface area contributed by atoms with Crippen LogP contribution in [0.4, 0.5) is 8.78 Å². The minimum absolute atomic E-state index is 0.00880. The summed E-state index contributed by atoms with van der Waals surface area (Å²) in [5.74, 6) is 0.0728. The van der Waals surface area contributed by atoms with Crippen molar-refractivity contribution in [2.45, 2.75) is 33.1 Å². The lowest BCUT2D eigenvalue weighted by molar-refractivity contribution is 0.149. The minimum Gasteiger partial charge on any atom is -0.508 e. The number of aromatic hydroxyl groups is 1. The second-order valence-corrected chi connectivity index (χ2v) is 3.72. The number of hydrogen-bond donors (Lipinski definition) is 1. The Morgan fingerprint density at radius 2 is 1.71 bits per heavy atom. The van der Waals surface area contributed by atoms with Crippen molar-refractivity contribution in [2.75, 3.05) is 0 Å². The van der Waals surface area contributed by atoms with Crippen molar-refractivity contribution in [3.63, 3.8) is 0 Å². The van der Waals surface area contributed by atoms with Crippen molar-refractivity contribution >= 4 is 0 Å². The highest BCUT2D eigenvalue weighted by Crippen LogP contribution is 2.33. The molecule has 0 unspecified atom stereocenters. The molecule has 0 atom stereocenters. The number of halogens is 2. The molecule has 0 saturated carbocycles. The van der Waals surface area contributed by atoms with E-state index in [0.717, 1.165) is 0 Å². The van der Waals surface area contributed by atoms with Crippen molar-refractivity contribution in [3.05, 3.63) is 28.8 Å². The molecule has 0 saturated heterocycles. The van der Waals surface area contributed by atoms with Crippen LogP contribution in [-0.2, 0) is 0 Å². The molecule has 0 bridgehead atoms. The van der Waals surface area contributed by atoms with E-state index in [-0.39, 0.29) is 17.2 Å². The molecule has 0 aliphatic carbocycles. The van der Waals surface area contributed by atoms with Gasteiger partial charge in [-0.05, 0) is 36.1 Å². The predicted octanol–water partition coefficient (Wildman–Crippen LogP) is 3.76. The molecule has 0 radical (unpaired) electrons. The third-order valence-electron chi connectivity index (χ3n) is 2.26. The Balaban J connectivity index is 3.31. The molecule has 78 valence electrons. The number of phenolic OH excluding ortho intramolecular Hbond substituents is 1. The quantitative estimate of drug-likeness (QED) is 0.770. The Labute approximate surface area is 82.4 Å². The summed E-state index contributed by atoms with van der Waals surface area (Å²) >= 11 is 0. The fourth-order valence-corrected chi connectivity index (χ4v) is 1.42. The summed E-state index contributed by atoms with van der Waals surface area (Å²) in [6, 6.07) is 2.79. The zero-order valence-corrected chi connectivity index (χ0v) is 8.51. The first kappa shape index (κ1) is 11.0. The van der Waals surface area contributed by atoms with E-state index in [1.54, 1.807) is 6.92 Å². The van der Waals surface area contributed by atoms with Gasteiger partial charge in [-0.1, -0.05) is 13.8 Å². The number of phenols is 1. The lowest BCUT2D eigenvalue weighted by atomic mass is 9.95. The maximum Gasteiger partial charge on any atom is 0.264 e. The van der Waals surface area contributed by atoms with Crippen molar-refractivity contribution < 1.29 is 13.9 Å². The summed E-state index contributed by atoms with van der Waals surface area (Å²) in [4.78, 5) is 0. The Kier molecular flexibility index (Phi) is 3.09. The molecule has 1 N–H and O–H groups in total. The predicted molar refractivity (Wildman–Crippen MR) is 51.9 cm³/mol. The largest absolute Gasteiger partial charge is 0.508 e. The third-order valence-corrected chi connectivity index (χ3v) is 2.26. The van der Waals surface area contributed by atoms with Gasteiger partial charge in [0.05, 0.1) is 0 Å². The van der Waals surface area contributed by atoms with Gasteiger partial charge in [0.2, 0.25) is 0 Å². The Bertz CT molecular complexity index is 299. The first-order valence-corrected chi connectivity index (χ1v) is 4.55. The van der Waals surface area contributed by atoms with Crippen LogP contribution in [0, 0.1) is 6.92 Å². The summed E-state index contributed by atoms with van der Waals surface area (Å²) < 4.78 is 25.2. The molecule has 1 rings (SSSR count). The zero-order chi connectivity index (χ0) is 10.9. The average molecular weight is 200 g/mol. The molecule has 0 aromatic heterocycles. The highest BCUT2D eigenvalue weighted by Gasteiger charge is 2.16. The van der Waals surface area contributed by atoms with Crippen molar-refractivity contribution in [2.24, 2.45) is 0 Å². The van der Waals surface area contributed by atoms with Crippen LogP contribution in [0.5, 0.6) is 5.75 Å². The number of hydrogen-bond acceptors (Lipinski definition) is 1. The first-order chi connectivity index (χ1) is 6.43. The number of rotatable bonds is 2. The monoisotopic (exact) mass is 200 g/mol.